The topological polar surface area (TPSA) is 106 Å². The first-order valence-corrected chi connectivity index (χ1v) is 11.7. The van der Waals surface area contributed by atoms with Crippen molar-refractivity contribution in [2.24, 2.45) is 0 Å². The van der Waals surface area contributed by atoms with Gasteiger partial charge in [0.15, 0.2) is 5.41 Å². The molecule has 13 heteroatoms. The fraction of sp³-hybridized carbons (Fsp3) is 0.292. The zero-order valence-corrected chi connectivity index (χ0v) is 20.3. The molecule has 3 amide bonds. The van der Waals surface area contributed by atoms with Gasteiger partial charge in [-0.3, -0.25) is 24.1 Å². The Hall–Kier alpha value is -3.87. The largest absolute Gasteiger partial charge is 0.468 e. The van der Waals surface area contributed by atoms with Gasteiger partial charge < -0.3 is 10.1 Å². The van der Waals surface area contributed by atoms with Crippen LogP contribution in [0.25, 0.3) is 10.2 Å². The number of hydrogen-bond donors (Lipinski definition) is 1. The molecule has 3 aromatic rings. The molecular weight excluding hydrogens is 518 g/mol. The zero-order chi connectivity index (χ0) is 27.1. The lowest BCUT2D eigenvalue weighted by Crippen LogP contribution is -2.59. The van der Waals surface area contributed by atoms with Crippen molar-refractivity contribution in [3.05, 3.63) is 63.9 Å². The van der Waals surface area contributed by atoms with E-state index in [-0.39, 0.29) is 28.2 Å². The Bertz CT molecular complexity index is 1440. The number of benzene rings is 2. The van der Waals surface area contributed by atoms with E-state index in [9.17, 15) is 36.7 Å². The lowest BCUT2D eigenvalue weighted by Gasteiger charge is -2.39. The molecule has 1 aliphatic heterocycles. The maximum atomic E-state index is 14.2. The number of carbonyl (C=O) groups is 4. The third kappa shape index (κ3) is 4.54. The molecule has 2 aromatic carbocycles. The number of halogens is 4. The maximum absolute atomic E-state index is 14.2. The highest BCUT2D eigenvalue weighted by Crippen LogP contribution is 2.41. The Kier molecular flexibility index (Phi) is 6.76. The van der Waals surface area contributed by atoms with Gasteiger partial charge in [0.1, 0.15) is 10.8 Å². The van der Waals surface area contributed by atoms with Crippen LogP contribution < -0.4 is 5.32 Å². The van der Waals surface area contributed by atoms with E-state index in [0.29, 0.717) is 9.60 Å². The smallest absolute Gasteiger partial charge is 0.416 e. The fourth-order valence-electron chi connectivity index (χ4n) is 4.25. The van der Waals surface area contributed by atoms with Crippen LogP contribution in [0.15, 0.2) is 36.4 Å². The average Bonchev–Trinajstić information content (AvgIpc) is 3.25. The quantitative estimate of drug-likeness (QED) is 0.223. The summed E-state index contributed by atoms with van der Waals surface area (Å²) in [5.41, 5.74) is -3.79. The number of rotatable bonds is 6. The second-order valence-corrected chi connectivity index (χ2v) is 9.32. The van der Waals surface area contributed by atoms with Gasteiger partial charge >= 0.3 is 12.1 Å². The molecule has 37 heavy (non-hydrogen) atoms. The first kappa shape index (κ1) is 26.2. The monoisotopic (exact) mass is 537 g/mol. The van der Waals surface area contributed by atoms with Crippen molar-refractivity contribution in [2.45, 2.75) is 31.5 Å². The molecule has 0 bridgehead atoms. The molecule has 1 N–H and O–H groups in total. The minimum atomic E-state index is -4.59. The Morgan fingerprint density at radius 3 is 2.54 bits per heavy atom. The standard InChI is InChI=1S/C24H19F4N3O5S/c1-3-29-18(32)10-23(22(35)36-2)15-9-13(25)5-6-14(15)20(33)31(21(23)34)11-19-30-16-8-12(24(26,27)28)4-7-17(16)37-19/h4-9H,3,10-11H2,1-2H3,(H,29,32). The van der Waals surface area contributed by atoms with Gasteiger partial charge in [-0.1, -0.05) is 0 Å². The summed E-state index contributed by atoms with van der Waals surface area (Å²) >= 11 is 0.954. The number of nitrogens with zero attached hydrogens (tertiary/aromatic N) is 2. The summed E-state index contributed by atoms with van der Waals surface area (Å²) in [5.74, 6) is -4.75. The Morgan fingerprint density at radius 1 is 1.16 bits per heavy atom. The van der Waals surface area contributed by atoms with Crippen molar-refractivity contribution in [2.75, 3.05) is 13.7 Å². The summed E-state index contributed by atoms with van der Waals surface area (Å²) in [4.78, 5) is 57.6. The van der Waals surface area contributed by atoms with Gasteiger partial charge in [-0.2, -0.15) is 13.2 Å². The summed E-state index contributed by atoms with van der Waals surface area (Å²) in [6.07, 6.45) is -5.35. The van der Waals surface area contributed by atoms with Gasteiger partial charge in [0.2, 0.25) is 5.91 Å². The molecule has 1 aromatic heterocycles. The van der Waals surface area contributed by atoms with Crippen molar-refractivity contribution in [3.63, 3.8) is 0 Å². The molecular formula is C24H19F4N3O5S. The van der Waals surface area contributed by atoms with Crippen LogP contribution in [0.5, 0.6) is 0 Å². The second kappa shape index (κ2) is 9.54. The normalized spacial score (nSPS) is 17.6. The van der Waals surface area contributed by atoms with E-state index in [1.165, 1.54) is 6.07 Å². The van der Waals surface area contributed by atoms with Crippen LogP contribution >= 0.6 is 11.3 Å². The summed E-state index contributed by atoms with van der Waals surface area (Å²) in [6, 6.07) is 5.87. The highest BCUT2D eigenvalue weighted by Gasteiger charge is 2.58. The first-order chi connectivity index (χ1) is 17.4. The number of alkyl halides is 3. The number of thiazole rings is 1. The van der Waals surface area contributed by atoms with Crippen molar-refractivity contribution in [1.82, 2.24) is 15.2 Å². The van der Waals surface area contributed by atoms with Crippen molar-refractivity contribution in [3.8, 4) is 0 Å². The molecule has 0 saturated carbocycles. The van der Waals surface area contributed by atoms with Crippen LogP contribution in [0, 0.1) is 5.82 Å². The molecule has 1 unspecified atom stereocenters. The number of hydrogen-bond acceptors (Lipinski definition) is 7. The van der Waals surface area contributed by atoms with E-state index in [1.54, 1.807) is 6.92 Å². The zero-order valence-electron chi connectivity index (χ0n) is 19.4. The summed E-state index contributed by atoms with van der Waals surface area (Å²) in [5, 5.41) is 2.58. The van der Waals surface area contributed by atoms with E-state index in [4.69, 9.17) is 4.74 Å². The molecule has 0 saturated heterocycles. The first-order valence-electron chi connectivity index (χ1n) is 10.9. The van der Waals surface area contributed by atoms with E-state index in [0.717, 1.165) is 48.8 Å². The molecule has 0 fully saturated rings. The summed E-state index contributed by atoms with van der Waals surface area (Å²) in [7, 11) is 0.987. The van der Waals surface area contributed by atoms with E-state index < -0.39 is 59.6 Å². The van der Waals surface area contributed by atoms with Crippen LogP contribution in [-0.2, 0) is 37.3 Å². The summed E-state index contributed by atoms with van der Waals surface area (Å²) in [6.45, 7) is 1.30. The molecule has 4 rings (SSSR count). The number of carbonyl (C=O) groups excluding carboxylic acids is 4. The number of methoxy groups -OCH3 is 1. The van der Waals surface area contributed by atoms with Crippen LogP contribution in [0.4, 0.5) is 17.6 Å². The number of esters is 1. The Balaban J connectivity index is 1.83. The van der Waals surface area contributed by atoms with Crippen molar-refractivity contribution in [1.29, 1.82) is 0 Å². The van der Waals surface area contributed by atoms with E-state index in [1.807, 2.05) is 0 Å². The molecule has 0 spiro atoms. The minimum Gasteiger partial charge on any atom is -0.468 e. The lowest BCUT2D eigenvalue weighted by molar-refractivity contribution is -0.158. The molecule has 2 heterocycles. The molecule has 1 aliphatic rings. The Labute approximate surface area is 211 Å². The van der Waals surface area contributed by atoms with Crippen LogP contribution in [-0.4, -0.2) is 47.2 Å². The van der Waals surface area contributed by atoms with Crippen LogP contribution in [0.3, 0.4) is 0 Å². The average molecular weight is 537 g/mol. The van der Waals surface area contributed by atoms with E-state index in [2.05, 4.69) is 10.3 Å². The van der Waals surface area contributed by atoms with Crippen molar-refractivity contribution < 1.29 is 41.5 Å². The molecule has 194 valence electrons. The third-order valence-electron chi connectivity index (χ3n) is 5.91. The SMILES string of the molecule is CCNC(=O)CC1(C(=O)OC)C(=O)N(Cc2nc3cc(C(F)(F)F)ccc3s2)C(=O)c2ccc(F)cc21. The lowest BCUT2D eigenvalue weighted by atomic mass is 9.71. The van der Waals surface area contributed by atoms with Crippen LogP contribution in [0.2, 0.25) is 0 Å². The number of ether oxygens (including phenoxy) is 1. The molecule has 0 radical (unpaired) electrons. The van der Waals surface area contributed by atoms with Gasteiger partial charge in [-0.05, 0) is 48.9 Å². The predicted molar refractivity (Wildman–Crippen MR) is 123 cm³/mol. The number of aromatic nitrogens is 1. The number of fused-ring (bicyclic) bond motifs is 2. The van der Waals surface area contributed by atoms with E-state index >= 15 is 0 Å². The van der Waals surface area contributed by atoms with Crippen LogP contribution in [0.1, 0.15) is 39.8 Å². The summed E-state index contributed by atoms with van der Waals surface area (Å²) < 4.78 is 58.8. The molecule has 0 aliphatic carbocycles. The number of nitrogens with one attached hydrogen (secondary N) is 1. The highest BCUT2D eigenvalue weighted by atomic mass is 32.1. The third-order valence-corrected chi connectivity index (χ3v) is 6.93. The predicted octanol–water partition coefficient (Wildman–Crippen LogP) is 3.57. The maximum Gasteiger partial charge on any atom is 0.416 e. The number of imide groups is 1. The van der Waals surface area contributed by atoms with Gasteiger partial charge in [0, 0.05) is 12.1 Å². The Morgan fingerprint density at radius 2 is 1.89 bits per heavy atom. The molecule has 1 atom stereocenters. The van der Waals surface area contributed by atoms with Gasteiger partial charge in [0.25, 0.3) is 11.8 Å². The van der Waals surface area contributed by atoms with Gasteiger partial charge in [0.05, 0.1) is 35.9 Å². The minimum absolute atomic E-state index is 0.00996. The second-order valence-electron chi connectivity index (χ2n) is 8.20. The fourth-order valence-corrected chi connectivity index (χ4v) is 5.19. The van der Waals surface area contributed by atoms with Gasteiger partial charge in [-0.15, -0.1) is 11.3 Å². The molecule has 8 nitrogen and oxygen atoms in total. The highest BCUT2D eigenvalue weighted by molar-refractivity contribution is 7.18. The number of amides is 3. The van der Waals surface area contributed by atoms with Gasteiger partial charge in [-0.25, -0.2) is 9.37 Å². The van der Waals surface area contributed by atoms with Crippen molar-refractivity contribution >= 4 is 45.2 Å².